The van der Waals surface area contributed by atoms with Gasteiger partial charge in [0.2, 0.25) is 0 Å². The average Bonchev–Trinajstić information content (AvgIpc) is 2.60. The van der Waals surface area contributed by atoms with Gasteiger partial charge in [0.15, 0.2) is 0 Å². The summed E-state index contributed by atoms with van der Waals surface area (Å²) in [6.07, 6.45) is 3.53. The number of hydrogen-bond donors (Lipinski definition) is 2. The standard InChI is InChI=1S/C12H12ClNO2/c13-9-4-5-11-10(6-9)8(7-14-11)2-1-3-12(15)16/h4-7,14H,1-3H2,(H,15,16). The molecule has 0 bridgehead atoms. The number of carbonyl (C=O) groups is 1. The minimum Gasteiger partial charge on any atom is -0.481 e. The van der Waals surface area contributed by atoms with Crippen molar-refractivity contribution in [3.8, 4) is 0 Å². The van der Waals surface area contributed by atoms with E-state index in [1.165, 1.54) is 0 Å². The number of aliphatic carboxylic acids is 1. The van der Waals surface area contributed by atoms with Crippen LogP contribution in [0.2, 0.25) is 5.02 Å². The Hall–Kier alpha value is -1.48. The van der Waals surface area contributed by atoms with Crippen molar-refractivity contribution >= 4 is 28.5 Å². The monoisotopic (exact) mass is 237 g/mol. The van der Waals surface area contributed by atoms with Crippen LogP contribution in [0.1, 0.15) is 18.4 Å². The molecule has 0 atom stereocenters. The maximum atomic E-state index is 10.4. The van der Waals surface area contributed by atoms with E-state index in [-0.39, 0.29) is 6.42 Å². The van der Waals surface area contributed by atoms with Crippen molar-refractivity contribution in [3.05, 3.63) is 35.0 Å². The lowest BCUT2D eigenvalue weighted by Gasteiger charge is -1.98. The number of nitrogens with one attached hydrogen (secondary N) is 1. The first kappa shape index (κ1) is 11.0. The maximum absolute atomic E-state index is 10.4. The normalized spacial score (nSPS) is 10.8. The molecule has 4 heteroatoms. The highest BCUT2D eigenvalue weighted by atomic mass is 35.5. The summed E-state index contributed by atoms with van der Waals surface area (Å²) in [5.74, 6) is -0.752. The van der Waals surface area contributed by atoms with Crippen molar-refractivity contribution in [2.45, 2.75) is 19.3 Å². The number of hydrogen-bond acceptors (Lipinski definition) is 1. The van der Waals surface area contributed by atoms with E-state index in [9.17, 15) is 4.79 Å². The second-order valence-corrected chi connectivity index (χ2v) is 4.19. The summed E-state index contributed by atoms with van der Waals surface area (Å²) < 4.78 is 0. The third-order valence-corrected chi connectivity index (χ3v) is 2.80. The molecule has 0 spiro atoms. The zero-order chi connectivity index (χ0) is 11.5. The van der Waals surface area contributed by atoms with Gasteiger partial charge in [0.25, 0.3) is 0 Å². The van der Waals surface area contributed by atoms with E-state index in [1.54, 1.807) is 0 Å². The van der Waals surface area contributed by atoms with Gasteiger partial charge in [-0.25, -0.2) is 0 Å². The van der Waals surface area contributed by atoms with Gasteiger partial charge in [0, 0.05) is 28.5 Å². The summed E-state index contributed by atoms with van der Waals surface area (Å²) in [4.78, 5) is 13.6. The van der Waals surface area contributed by atoms with Crippen LogP contribution in [0.15, 0.2) is 24.4 Å². The fraction of sp³-hybridized carbons (Fsp3) is 0.250. The Kier molecular flexibility index (Phi) is 3.15. The Bertz CT molecular complexity index is 519. The zero-order valence-corrected chi connectivity index (χ0v) is 9.42. The largest absolute Gasteiger partial charge is 0.481 e. The van der Waals surface area contributed by atoms with Crippen LogP contribution in [0, 0.1) is 0 Å². The molecule has 84 valence electrons. The number of benzene rings is 1. The zero-order valence-electron chi connectivity index (χ0n) is 8.66. The third kappa shape index (κ3) is 2.36. The van der Waals surface area contributed by atoms with Gasteiger partial charge in [-0.05, 0) is 36.6 Å². The fourth-order valence-electron chi connectivity index (χ4n) is 1.79. The average molecular weight is 238 g/mol. The van der Waals surface area contributed by atoms with E-state index in [2.05, 4.69) is 4.98 Å². The summed E-state index contributed by atoms with van der Waals surface area (Å²) in [7, 11) is 0. The van der Waals surface area contributed by atoms with Crippen molar-refractivity contribution in [1.82, 2.24) is 4.98 Å². The van der Waals surface area contributed by atoms with Crippen LogP contribution < -0.4 is 0 Å². The Morgan fingerprint density at radius 2 is 2.25 bits per heavy atom. The van der Waals surface area contributed by atoms with E-state index in [0.29, 0.717) is 11.4 Å². The van der Waals surface area contributed by atoms with Gasteiger partial charge < -0.3 is 10.1 Å². The highest BCUT2D eigenvalue weighted by Crippen LogP contribution is 2.23. The number of aromatic nitrogens is 1. The summed E-state index contributed by atoms with van der Waals surface area (Å²) in [6.45, 7) is 0. The van der Waals surface area contributed by atoms with Crippen LogP contribution in [-0.4, -0.2) is 16.1 Å². The first-order valence-corrected chi connectivity index (χ1v) is 5.52. The number of H-pyrrole nitrogens is 1. The smallest absolute Gasteiger partial charge is 0.303 e. The number of carboxylic acid groups (broad SMARTS) is 1. The lowest BCUT2D eigenvalue weighted by Crippen LogP contribution is -1.95. The molecule has 1 aromatic carbocycles. The second kappa shape index (κ2) is 4.58. The van der Waals surface area contributed by atoms with Crippen molar-refractivity contribution in [3.63, 3.8) is 0 Å². The molecule has 2 N–H and O–H groups in total. The molecule has 0 unspecified atom stereocenters. The number of halogens is 1. The lowest BCUT2D eigenvalue weighted by molar-refractivity contribution is -0.137. The number of aromatic amines is 1. The molecule has 0 aliphatic heterocycles. The third-order valence-electron chi connectivity index (χ3n) is 2.57. The molecule has 0 aliphatic carbocycles. The van der Waals surface area contributed by atoms with Crippen molar-refractivity contribution < 1.29 is 9.90 Å². The number of carboxylic acids is 1. The Morgan fingerprint density at radius 3 is 3.00 bits per heavy atom. The predicted molar refractivity (Wildman–Crippen MR) is 63.9 cm³/mol. The highest BCUT2D eigenvalue weighted by molar-refractivity contribution is 6.31. The van der Waals surface area contributed by atoms with E-state index in [4.69, 9.17) is 16.7 Å². The summed E-state index contributed by atoms with van der Waals surface area (Å²) in [6, 6.07) is 5.67. The number of rotatable bonds is 4. The van der Waals surface area contributed by atoms with Gasteiger partial charge >= 0.3 is 5.97 Å². The molecule has 1 heterocycles. The molecule has 0 saturated heterocycles. The van der Waals surface area contributed by atoms with E-state index < -0.39 is 5.97 Å². The molecule has 0 radical (unpaired) electrons. The highest BCUT2D eigenvalue weighted by Gasteiger charge is 2.05. The SMILES string of the molecule is O=C(O)CCCc1c[nH]c2ccc(Cl)cc12. The molecule has 16 heavy (non-hydrogen) atoms. The predicted octanol–water partition coefficient (Wildman–Crippen LogP) is 3.23. The van der Waals surface area contributed by atoms with Gasteiger partial charge in [-0.1, -0.05) is 11.6 Å². The lowest BCUT2D eigenvalue weighted by atomic mass is 10.1. The van der Waals surface area contributed by atoms with Crippen LogP contribution in [-0.2, 0) is 11.2 Å². The minimum atomic E-state index is -0.752. The maximum Gasteiger partial charge on any atom is 0.303 e. The van der Waals surface area contributed by atoms with Gasteiger partial charge in [0.1, 0.15) is 0 Å². The Labute approximate surface area is 98.0 Å². The first-order valence-electron chi connectivity index (χ1n) is 5.14. The molecule has 3 nitrogen and oxygen atoms in total. The molecular weight excluding hydrogens is 226 g/mol. The number of aryl methyl sites for hydroxylation is 1. The van der Waals surface area contributed by atoms with Crippen LogP contribution in [0.5, 0.6) is 0 Å². The molecule has 0 saturated carbocycles. The second-order valence-electron chi connectivity index (χ2n) is 3.75. The Balaban J connectivity index is 2.17. The first-order chi connectivity index (χ1) is 7.66. The molecule has 0 aliphatic rings. The molecule has 2 rings (SSSR count). The molecular formula is C12H12ClNO2. The van der Waals surface area contributed by atoms with Crippen LogP contribution in [0.25, 0.3) is 10.9 Å². The van der Waals surface area contributed by atoms with Gasteiger partial charge in [-0.3, -0.25) is 4.79 Å². The summed E-state index contributed by atoms with van der Waals surface area (Å²) >= 11 is 5.92. The fourth-order valence-corrected chi connectivity index (χ4v) is 1.96. The molecule has 0 fully saturated rings. The van der Waals surface area contributed by atoms with E-state index in [1.807, 2.05) is 24.4 Å². The van der Waals surface area contributed by atoms with Crippen LogP contribution in [0.4, 0.5) is 0 Å². The van der Waals surface area contributed by atoms with Crippen LogP contribution in [0.3, 0.4) is 0 Å². The van der Waals surface area contributed by atoms with E-state index in [0.717, 1.165) is 22.9 Å². The molecule has 1 aromatic heterocycles. The topological polar surface area (TPSA) is 53.1 Å². The van der Waals surface area contributed by atoms with Gasteiger partial charge in [-0.15, -0.1) is 0 Å². The quantitative estimate of drug-likeness (QED) is 0.858. The Morgan fingerprint density at radius 1 is 1.44 bits per heavy atom. The summed E-state index contributed by atoms with van der Waals surface area (Å²) in [5.41, 5.74) is 2.16. The van der Waals surface area contributed by atoms with Crippen molar-refractivity contribution in [1.29, 1.82) is 0 Å². The van der Waals surface area contributed by atoms with Crippen molar-refractivity contribution in [2.24, 2.45) is 0 Å². The number of fused-ring (bicyclic) bond motifs is 1. The van der Waals surface area contributed by atoms with E-state index >= 15 is 0 Å². The van der Waals surface area contributed by atoms with Gasteiger partial charge in [-0.2, -0.15) is 0 Å². The summed E-state index contributed by atoms with van der Waals surface area (Å²) in [5, 5.41) is 10.4. The molecule has 0 amide bonds. The van der Waals surface area contributed by atoms with Crippen LogP contribution >= 0.6 is 11.6 Å². The van der Waals surface area contributed by atoms with Gasteiger partial charge in [0.05, 0.1) is 0 Å². The molecule has 2 aromatic rings. The van der Waals surface area contributed by atoms with Crippen molar-refractivity contribution in [2.75, 3.05) is 0 Å². The minimum absolute atomic E-state index is 0.202.